The summed E-state index contributed by atoms with van der Waals surface area (Å²) in [4.78, 5) is 15.9. The highest BCUT2D eigenvalue weighted by atomic mass is 16.5. The van der Waals surface area contributed by atoms with Crippen LogP contribution in [0.4, 0.5) is 5.69 Å². The van der Waals surface area contributed by atoms with Crippen LogP contribution in [0.1, 0.15) is 109 Å². The molecule has 0 radical (unpaired) electrons. The van der Waals surface area contributed by atoms with Gasteiger partial charge in [0.2, 0.25) is 0 Å². The van der Waals surface area contributed by atoms with E-state index < -0.39 is 0 Å². The van der Waals surface area contributed by atoms with Crippen LogP contribution in [0.15, 0.2) is 65.7 Å². The fraction of sp³-hybridized carbons (Fsp3) is 0.543. The molecule has 0 aliphatic heterocycles. The van der Waals surface area contributed by atoms with E-state index in [1.807, 2.05) is 54.7 Å². The molecule has 0 aromatic heterocycles. The lowest BCUT2D eigenvalue weighted by atomic mass is 10.1. The summed E-state index contributed by atoms with van der Waals surface area (Å²) in [6.07, 6.45) is 18.7. The number of hydrogen-bond acceptors (Lipinski definition) is 5. The summed E-state index contributed by atoms with van der Waals surface area (Å²) in [6.45, 7) is 9.54. The van der Waals surface area contributed by atoms with E-state index in [0.717, 1.165) is 61.6 Å². The first-order chi connectivity index (χ1) is 19.6. The lowest BCUT2D eigenvalue weighted by molar-refractivity contribution is -0.139. The minimum absolute atomic E-state index is 0.280. The Bertz CT molecular complexity index is 966. The maximum Gasteiger partial charge on any atom is 0.333 e. The molecule has 0 bridgehead atoms. The van der Waals surface area contributed by atoms with E-state index in [9.17, 15) is 4.79 Å². The average molecular weight is 550 g/mol. The molecular formula is C35H51NO4. The average Bonchev–Trinajstić information content (AvgIpc) is 2.97. The second kappa shape index (κ2) is 21.7. The molecule has 0 fully saturated rings. The van der Waals surface area contributed by atoms with Gasteiger partial charge >= 0.3 is 5.97 Å². The Kier molecular flexibility index (Phi) is 18.0. The molecule has 2 aromatic rings. The maximum absolute atomic E-state index is 11.3. The van der Waals surface area contributed by atoms with E-state index in [4.69, 9.17) is 14.2 Å². The van der Waals surface area contributed by atoms with Crippen molar-refractivity contribution in [2.45, 2.75) is 104 Å². The molecule has 220 valence electrons. The molecule has 0 amide bonds. The van der Waals surface area contributed by atoms with Crippen molar-refractivity contribution in [3.8, 4) is 11.5 Å². The van der Waals surface area contributed by atoms with Gasteiger partial charge in [-0.05, 0) is 80.3 Å². The van der Waals surface area contributed by atoms with Gasteiger partial charge in [0.05, 0.1) is 25.5 Å². The minimum atomic E-state index is -0.280. The van der Waals surface area contributed by atoms with Gasteiger partial charge in [-0.1, -0.05) is 84.1 Å². The van der Waals surface area contributed by atoms with Crippen molar-refractivity contribution in [2.75, 3.05) is 19.8 Å². The topological polar surface area (TPSA) is 57.1 Å². The molecule has 40 heavy (non-hydrogen) atoms. The number of carbonyl (C=O) groups is 1. The van der Waals surface area contributed by atoms with Crippen LogP contribution < -0.4 is 9.47 Å². The van der Waals surface area contributed by atoms with E-state index in [-0.39, 0.29) is 5.97 Å². The van der Waals surface area contributed by atoms with Crippen LogP contribution >= 0.6 is 0 Å². The van der Waals surface area contributed by atoms with Crippen molar-refractivity contribution in [1.29, 1.82) is 0 Å². The lowest BCUT2D eigenvalue weighted by Crippen LogP contribution is -2.05. The van der Waals surface area contributed by atoms with Crippen molar-refractivity contribution in [2.24, 2.45) is 4.99 Å². The molecule has 5 nitrogen and oxygen atoms in total. The van der Waals surface area contributed by atoms with Gasteiger partial charge in [-0.25, -0.2) is 4.79 Å². The van der Waals surface area contributed by atoms with Crippen LogP contribution in [0.25, 0.3) is 0 Å². The summed E-state index contributed by atoms with van der Waals surface area (Å²) in [6, 6.07) is 16.1. The molecule has 2 aromatic carbocycles. The van der Waals surface area contributed by atoms with Crippen molar-refractivity contribution in [1.82, 2.24) is 0 Å². The first-order valence-corrected chi connectivity index (χ1v) is 15.4. The third-order valence-electron chi connectivity index (χ3n) is 6.74. The van der Waals surface area contributed by atoms with E-state index in [0.29, 0.717) is 12.2 Å². The smallest absolute Gasteiger partial charge is 0.333 e. The molecular weight excluding hydrogens is 498 g/mol. The highest BCUT2D eigenvalue weighted by molar-refractivity contribution is 5.86. The van der Waals surface area contributed by atoms with Gasteiger partial charge in [-0.2, -0.15) is 0 Å². The van der Waals surface area contributed by atoms with Crippen LogP contribution in [0, 0.1) is 0 Å². The van der Waals surface area contributed by atoms with Gasteiger partial charge in [0, 0.05) is 11.8 Å². The summed E-state index contributed by atoms with van der Waals surface area (Å²) >= 11 is 0. The number of carbonyl (C=O) groups excluding carboxylic acids is 1. The van der Waals surface area contributed by atoms with Gasteiger partial charge in [-0.3, -0.25) is 4.99 Å². The molecule has 2 rings (SSSR count). The van der Waals surface area contributed by atoms with Crippen LogP contribution in [-0.4, -0.2) is 32.0 Å². The van der Waals surface area contributed by atoms with Crippen LogP contribution in [-0.2, 0) is 9.53 Å². The zero-order valence-electron chi connectivity index (χ0n) is 25.0. The summed E-state index contributed by atoms with van der Waals surface area (Å²) in [5.41, 5.74) is 2.43. The van der Waals surface area contributed by atoms with E-state index >= 15 is 0 Å². The SMILES string of the molecule is C=C(C)C(=O)OCCCCCCCCCCCOc1ccc(C=Nc2ccc(OCCCCCCC)cc2)cc1. The largest absolute Gasteiger partial charge is 0.494 e. The van der Waals surface area contributed by atoms with Gasteiger partial charge in [0.1, 0.15) is 11.5 Å². The van der Waals surface area contributed by atoms with E-state index in [2.05, 4.69) is 18.5 Å². The fourth-order valence-electron chi connectivity index (χ4n) is 4.24. The molecule has 0 unspecified atom stereocenters. The van der Waals surface area contributed by atoms with Crippen molar-refractivity contribution in [3.05, 3.63) is 66.2 Å². The molecule has 5 heteroatoms. The highest BCUT2D eigenvalue weighted by Crippen LogP contribution is 2.19. The summed E-state index contributed by atoms with van der Waals surface area (Å²) in [5, 5.41) is 0. The number of ether oxygens (including phenoxy) is 3. The predicted octanol–water partition coefficient (Wildman–Crippen LogP) is 9.80. The maximum atomic E-state index is 11.3. The van der Waals surface area contributed by atoms with E-state index in [1.54, 1.807) is 6.92 Å². The summed E-state index contributed by atoms with van der Waals surface area (Å²) < 4.78 is 16.9. The zero-order chi connectivity index (χ0) is 28.7. The Morgan fingerprint density at radius 2 is 1.12 bits per heavy atom. The van der Waals surface area contributed by atoms with Crippen molar-refractivity contribution in [3.63, 3.8) is 0 Å². The number of unbranched alkanes of at least 4 members (excludes halogenated alkanes) is 12. The third-order valence-corrected chi connectivity index (χ3v) is 6.74. The summed E-state index contributed by atoms with van der Waals surface area (Å²) in [5.74, 6) is 1.53. The molecule has 0 saturated carbocycles. The van der Waals surface area contributed by atoms with Crippen LogP contribution in [0.2, 0.25) is 0 Å². The lowest BCUT2D eigenvalue weighted by Gasteiger charge is -2.07. The molecule has 0 atom stereocenters. The van der Waals surface area contributed by atoms with Crippen molar-refractivity contribution >= 4 is 17.9 Å². The Morgan fingerprint density at radius 1 is 0.675 bits per heavy atom. The van der Waals surface area contributed by atoms with E-state index in [1.165, 1.54) is 64.2 Å². The standard InChI is InChI=1S/C35H51NO4/c1-4-5-6-12-15-26-39-34-24-20-32(21-25-34)36-29-31-18-22-33(23-19-31)38-27-16-13-10-8-7-9-11-14-17-28-40-35(37)30(2)3/h18-25,29H,2,4-17,26-28H2,1,3H3. The molecule has 0 N–H and O–H groups in total. The molecule has 0 aliphatic rings. The Labute approximate surface area is 243 Å². The van der Waals surface area contributed by atoms with Crippen molar-refractivity contribution < 1.29 is 19.0 Å². The first-order valence-electron chi connectivity index (χ1n) is 15.4. The molecule has 0 spiro atoms. The normalized spacial score (nSPS) is 11.1. The summed E-state index contributed by atoms with van der Waals surface area (Å²) in [7, 11) is 0. The predicted molar refractivity (Wildman–Crippen MR) is 167 cm³/mol. The number of nitrogens with zero attached hydrogens (tertiary/aromatic N) is 1. The fourth-order valence-corrected chi connectivity index (χ4v) is 4.24. The number of benzene rings is 2. The van der Waals surface area contributed by atoms with Gasteiger partial charge in [-0.15, -0.1) is 0 Å². The van der Waals surface area contributed by atoms with Gasteiger partial charge in [0.25, 0.3) is 0 Å². The number of aliphatic imine (C=N–C) groups is 1. The quantitative estimate of drug-likeness (QED) is 0.0599. The first kappa shape index (κ1) is 33.1. The molecule has 0 aliphatic carbocycles. The Morgan fingerprint density at radius 3 is 1.62 bits per heavy atom. The second-order valence-electron chi connectivity index (χ2n) is 10.5. The minimum Gasteiger partial charge on any atom is -0.494 e. The van der Waals surface area contributed by atoms with Crippen LogP contribution in [0.3, 0.4) is 0 Å². The number of esters is 1. The zero-order valence-corrected chi connectivity index (χ0v) is 25.0. The van der Waals surface area contributed by atoms with Gasteiger partial charge in [0.15, 0.2) is 0 Å². The second-order valence-corrected chi connectivity index (χ2v) is 10.5. The highest BCUT2D eigenvalue weighted by Gasteiger charge is 2.02. The number of hydrogen-bond donors (Lipinski definition) is 0. The Hall–Kier alpha value is -3.08. The monoisotopic (exact) mass is 549 g/mol. The molecule has 0 saturated heterocycles. The third kappa shape index (κ3) is 16.1. The van der Waals surface area contributed by atoms with Crippen LogP contribution in [0.5, 0.6) is 11.5 Å². The van der Waals surface area contributed by atoms with Gasteiger partial charge < -0.3 is 14.2 Å². The Balaban J connectivity index is 1.48. The molecule has 0 heterocycles. The number of rotatable bonds is 23.